The molecule has 1 N–H and O–H groups in total. The smallest absolute Gasteiger partial charge is 0.345 e. The summed E-state index contributed by atoms with van der Waals surface area (Å²) in [4.78, 5) is 25.2. The molecular formula is C25H23ClN2O5S. The second kappa shape index (κ2) is 10.4. The van der Waals surface area contributed by atoms with Crippen molar-refractivity contribution in [1.82, 2.24) is 4.31 Å². The Balaban J connectivity index is 1.51. The number of ether oxygens (including phenoxy) is 1. The van der Waals surface area contributed by atoms with Gasteiger partial charge in [0.1, 0.15) is 5.75 Å². The van der Waals surface area contributed by atoms with Crippen LogP contribution in [0.25, 0.3) is 0 Å². The third-order valence-electron chi connectivity index (χ3n) is 5.45. The average Bonchev–Trinajstić information content (AvgIpc) is 2.85. The molecule has 0 atom stereocenters. The number of nitrogens with one attached hydrogen (secondary N) is 1. The highest BCUT2D eigenvalue weighted by molar-refractivity contribution is 7.89. The molecule has 0 radical (unpaired) electrons. The maximum Gasteiger partial charge on any atom is 0.345 e. The monoisotopic (exact) mass is 498 g/mol. The summed E-state index contributed by atoms with van der Waals surface area (Å²) >= 11 is 6.19. The Morgan fingerprint density at radius 2 is 1.62 bits per heavy atom. The van der Waals surface area contributed by atoms with Gasteiger partial charge < -0.3 is 10.1 Å². The highest BCUT2D eigenvalue weighted by Gasteiger charge is 2.27. The molecule has 1 amide bonds. The fourth-order valence-electron chi connectivity index (χ4n) is 3.67. The summed E-state index contributed by atoms with van der Waals surface area (Å²) in [6.07, 6.45) is 2.60. The number of amides is 1. The van der Waals surface area contributed by atoms with Crippen LogP contribution in [0.15, 0.2) is 77.7 Å². The zero-order valence-electron chi connectivity index (χ0n) is 18.2. The number of halogens is 1. The molecule has 0 aromatic heterocycles. The molecule has 0 unspecified atom stereocenters. The molecular weight excluding hydrogens is 476 g/mol. The molecule has 1 aliphatic rings. The third kappa shape index (κ3) is 5.47. The zero-order valence-corrected chi connectivity index (χ0v) is 19.8. The molecule has 0 spiro atoms. The Bertz CT molecular complexity index is 1310. The number of benzene rings is 3. The van der Waals surface area contributed by atoms with E-state index in [-0.39, 0.29) is 27.1 Å². The first-order valence-electron chi connectivity index (χ1n) is 10.8. The van der Waals surface area contributed by atoms with Gasteiger partial charge in [-0.3, -0.25) is 4.79 Å². The van der Waals surface area contributed by atoms with Crippen LogP contribution in [0.1, 0.15) is 40.0 Å². The van der Waals surface area contributed by atoms with Gasteiger partial charge in [-0.1, -0.05) is 42.3 Å². The fourth-order valence-corrected chi connectivity index (χ4v) is 5.41. The van der Waals surface area contributed by atoms with E-state index < -0.39 is 16.0 Å². The highest BCUT2D eigenvalue weighted by Crippen LogP contribution is 2.27. The minimum atomic E-state index is -3.73. The Morgan fingerprint density at radius 1 is 0.882 bits per heavy atom. The Hall–Kier alpha value is -3.20. The highest BCUT2D eigenvalue weighted by atomic mass is 35.5. The SMILES string of the molecule is O=C(Nc1cccc(OC(=O)c2cc(S(=O)(=O)N3CCCCC3)ccc2Cl)c1)c1ccccc1. The summed E-state index contributed by atoms with van der Waals surface area (Å²) in [5, 5.41) is 2.83. The lowest BCUT2D eigenvalue weighted by molar-refractivity contribution is 0.0734. The summed E-state index contributed by atoms with van der Waals surface area (Å²) in [6, 6.07) is 19.1. The molecule has 7 nitrogen and oxygen atoms in total. The standard InChI is InChI=1S/C25H23ClN2O5S/c26-23-13-12-21(34(31,32)28-14-5-2-6-15-28)17-22(23)25(30)33-20-11-7-10-19(16-20)27-24(29)18-8-3-1-4-9-18/h1,3-4,7-13,16-17H,2,5-6,14-15H2,(H,27,29). The number of anilines is 1. The Morgan fingerprint density at radius 3 is 2.35 bits per heavy atom. The lowest BCUT2D eigenvalue weighted by atomic mass is 10.2. The van der Waals surface area contributed by atoms with E-state index in [1.165, 1.54) is 28.6 Å². The molecule has 176 valence electrons. The van der Waals surface area contributed by atoms with E-state index in [0.717, 1.165) is 19.3 Å². The number of esters is 1. The van der Waals surface area contributed by atoms with Gasteiger partial charge in [0.05, 0.1) is 15.5 Å². The van der Waals surface area contributed by atoms with Gasteiger partial charge in [-0.15, -0.1) is 0 Å². The number of hydrogen-bond donors (Lipinski definition) is 1. The number of hydrogen-bond acceptors (Lipinski definition) is 5. The van der Waals surface area contributed by atoms with Crippen molar-refractivity contribution in [3.05, 3.63) is 88.9 Å². The first kappa shape index (κ1) is 23.9. The Labute approximate surface area is 203 Å². The predicted octanol–water partition coefficient (Wildman–Crippen LogP) is 4.99. The molecule has 4 rings (SSSR count). The van der Waals surface area contributed by atoms with Gasteiger partial charge in [-0.05, 0) is 55.3 Å². The molecule has 1 heterocycles. The molecule has 1 aliphatic heterocycles. The van der Waals surface area contributed by atoms with Crippen molar-refractivity contribution >= 4 is 39.2 Å². The van der Waals surface area contributed by atoms with Crippen LogP contribution in [0.3, 0.4) is 0 Å². The minimum Gasteiger partial charge on any atom is -0.423 e. The van der Waals surface area contributed by atoms with Crippen LogP contribution in [0.2, 0.25) is 5.02 Å². The van der Waals surface area contributed by atoms with E-state index in [2.05, 4.69) is 5.32 Å². The third-order valence-corrected chi connectivity index (χ3v) is 7.67. The van der Waals surface area contributed by atoms with Crippen LogP contribution < -0.4 is 10.1 Å². The van der Waals surface area contributed by atoms with Crippen molar-refractivity contribution in [1.29, 1.82) is 0 Å². The number of piperidine rings is 1. The van der Waals surface area contributed by atoms with Crippen molar-refractivity contribution in [3.8, 4) is 5.75 Å². The van der Waals surface area contributed by atoms with Crippen molar-refractivity contribution in [2.75, 3.05) is 18.4 Å². The summed E-state index contributed by atoms with van der Waals surface area (Å²) in [7, 11) is -3.73. The van der Waals surface area contributed by atoms with Crippen molar-refractivity contribution < 1.29 is 22.7 Å². The molecule has 3 aromatic rings. The summed E-state index contributed by atoms with van der Waals surface area (Å²) in [6.45, 7) is 0.901. The van der Waals surface area contributed by atoms with Gasteiger partial charge in [0, 0.05) is 30.4 Å². The van der Waals surface area contributed by atoms with Gasteiger partial charge in [0.2, 0.25) is 10.0 Å². The van der Waals surface area contributed by atoms with Crippen molar-refractivity contribution in [2.24, 2.45) is 0 Å². The van der Waals surface area contributed by atoms with Gasteiger partial charge in [0.25, 0.3) is 5.91 Å². The first-order chi connectivity index (χ1) is 16.3. The van der Waals surface area contributed by atoms with Gasteiger partial charge >= 0.3 is 5.97 Å². The van der Waals surface area contributed by atoms with Gasteiger partial charge in [-0.25, -0.2) is 13.2 Å². The van der Waals surface area contributed by atoms with Crippen LogP contribution >= 0.6 is 11.6 Å². The van der Waals surface area contributed by atoms with Crippen LogP contribution in [-0.4, -0.2) is 37.7 Å². The molecule has 3 aromatic carbocycles. The quantitative estimate of drug-likeness (QED) is 0.382. The summed E-state index contributed by atoms with van der Waals surface area (Å²) < 4.78 is 32.8. The van der Waals surface area contributed by atoms with Crippen LogP contribution in [0, 0.1) is 0 Å². The second-order valence-electron chi connectivity index (χ2n) is 7.84. The average molecular weight is 499 g/mol. The van der Waals surface area contributed by atoms with E-state index in [1.54, 1.807) is 42.5 Å². The lowest BCUT2D eigenvalue weighted by Crippen LogP contribution is -2.35. The zero-order chi connectivity index (χ0) is 24.1. The van der Waals surface area contributed by atoms with Crippen molar-refractivity contribution in [3.63, 3.8) is 0 Å². The van der Waals surface area contributed by atoms with Crippen LogP contribution in [0.5, 0.6) is 5.75 Å². The van der Waals surface area contributed by atoms with E-state index >= 15 is 0 Å². The fraction of sp³-hybridized carbons (Fsp3) is 0.200. The molecule has 1 fully saturated rings. The second-order valence-corrected chi connectivity index (χ2v) is 10.2. The van der Waals surface area contributed by atoms with E-state index in [0.29, 0.717) is 24.3 Å². The molecule has 9 heteroatoms. The maximum atomic E-state index is 13.0. The molecule has 1 saturated heterocycles. The van der Waals surface area contributed by atoms with Gasteiger partial charge in [0.15, 0.2) is 0 Å². The van der Waals surface area contributed by atoms with E-state index in [4.69, 9.17) is 16.3 Å². The summed E-state index contributed by atoms with van der Waals surface area (Å²) in [5.41, 5.74) is 0.869. The maximum absolute atomic E-state index is 13.0. The largest absolute Gasteiger partial charge is 0.423 e. The predicted molar refractivity (Wildman–Crippen MR) is 130 cm³/mol. The molecule has 0 saturated carbocycles. The van der Waals surface area contributed by atoms with E-state index in [9.17, 15) is 18.0 Å². The summed E-state index contributed by atoms with van der Waals surface area (Å²) in [5.74, 6) is -0.925. The Kier molecular flexibility index (Phi) is 7.31. The molecule has 34 heavy (non-hydrogen) atoms. The minimum absolute atomic E-state index is 0.00498. The van der Waals surface area contributed by atoms with Crippen LogP contribution in [-0.2, 0) is 10.0 Å². The van der Waals surface area contributed by atoms with Crippen LogP contribution in [0.4, 0.5) is 5.69 Å². The van der Waals surface area contributed by atoms with Crippen molar-refractivity contribution in [2.45, 2.75) is 24.2 Å². The number of rotatable bonds is 6. The number of carbonyl (C=O) groups is 2. The lowest BCUT2D eigenvalue weighted by Gasteiger charge is -2.26. The topological polar surface area (TPSA) is 92.8 Å². The molecule has 0 aliphatic carbocycles. The van der Waals surface area contributed by atoms with E-state index in [1.807, 2.05) is 6.07 Å². The first-order valence-corrected chi connectivity index (χ1v) is 12.6. The number of sulfonamides is 1. The molecule has 0 bridgehead atoms. The number of nitrogens with zero attached hydrogens (tertiary/aromatic N) is 1. The normalized spacial score (nSPS) is 14.4. The number of carbonyl (C=O) groups excluding carboxylic acids is 2. The van der Waals surface area contributed by atoms with Gasteiger partial charge in [-0.2, -0.15) is 4.31 Å².